The number of ketones is 1. The van der Waals surface area contributed by atoms with Crippen molar-refractivity contribution < 1.29 is 42.2 Å². The first-order valence-corrected chi connectivity index (χ1v) is 12.2. The van der Waals surface area contributed by atoms with E-state index < -0.39 is 71.9 Å². The largest absolute Gasteiger partial charge is 0.457 e. The molecule has 2 N–H and O–H groups in total. The van der Waals surface area contributed by atoms with Gasteiger partial charge < -0.3 is 19.5 Å². The maximum absolute atomic E-state index is 13.7. The molecule has 10 heteroatoms. The van der Waals surface area contributed by atoms with Crippen molar-refractivity contribution in [3.63, 3.8) is 0 Å². The van der Waals surface area contributed by atoms with Gasteiger partial charge in [-0.05, 0) is 31.9 Å². The number of cyclic esters (lactones) is 1. The molecule has 5 atom stereocenters. The molecule has 7 nitrogen and oxygen atoms in total. The van der Waals surface area contributed by atoms with Crippen molar-refractivity contribution in [1.82, 2.24) is 5.16 Å². The molecule has 1 aliphatic heterocycles. The van der Waals surface area contributed by atoms with Gasteiger partial charge in [0.25, 0.3) is 0 Å². The van der Waals surface area contributed by atoms with Crippen molar-refractivity contribution in [1.29, 1.82) is 0 Å². The molecule has 0 aromatic carbocycles. The number of Topliss-reactive ketones (excluding diaryl/α,β-unsaturated/α-hetero) is 1. The van der Waals surface area contributed by atoms with Crippen LogP contribution in [0.15, 0.2) is 40.0 Å². The van der Waals surface area contributed by atoms with Crippen LogP contribution in [-0.4, -0.2) is 51.6 Å². The Kier molecular flexibility index (Phi) is 10.1. The van der Waals surface area contributed by atoms with Gasteiger partial charge in [0, 0.05) is 29.9 Å². The molecular weight excluding hydrogens is 491 g/mol. The van der Waals surface area contributed by atoms with E-state index in [0.717, 1.165) is 6.08 Å². The Bertz CT molecular complexity index is 1050. The zero-order valence-electron chi connectivity index (χ0n) is 22.0. The van der Waals surface area contributed by atoms with Crippen LogP contribution in [-0.2, 0) is 14.3 Å². The molecule has 1 aromatic heterocycles. The normalized spacial score (nSPS) is 31.4. The number of ether oxygens (including phenoxy) is 1. The fourth-order valence-electron chi connectivity index (χ4n) is 4.18. The molecule has 0 amide bonds. The summed E-state index contributed by atoms with van der Waals surface area (Å²) in [7, 11) is 0. The Morgan fingerprint density at radius 3 is 2.43 bits per heavy atom. The number of alkyl halides is 3. The average Bonchev–Trinajstić information content (AvgIpc) is 3.21. The van der Waals surface area contributed by atoms with E-state index in [1.165, 1.54) is 32.9 Å². The van der Waals surface area contributed by atoms with Crippen LogP contribution in [0, 0.1) is 24.2 Å². The van der Waals surface area contributed by atoms with Crippen molar-refractivity contribution in [2.75, 3.05) is 0 Å². The summed E-state index contributed by atoms with van der Waals surface area (Å²) in [4.78, 5) is 25.9. The number of aromatic nitrogens is 1. The number of aliphatic hydroxyl groups is 2. The molecule has 0 bridgehead atoms. The average molecular weight is 528 g/mol. The Morgan fingerprint density at radius 1 is 1.22 bits per heavy atom. The Balaban J connectivity index is 2.50. The standard InChI is InChI=1S/C27H36F3NO6/c1-15-8-7-9-19(27(28,29)30)10-11-21(16(2)12-20-13-17(3)37-31-20)36-23(33)14-22(32)26(5,6)25(35)18(4)24(15)34/h7-8,10,12-13,15,18,21-22,24,32,34H,9,11,14H2,1-6H3/b8-7+,16-12+,19-10+/t15?,18?,21?,22-,24-/m0/s1. The molecule has 0 spiro atoms. The van der Waals surface area contributed by atoms with Gasteiger partial charge in [-0.25, -0.2) is 0 Å². The third kappa shape index (κ3) is 8.13. The summed E-state index contributed by atoms with van der Waals surface area (Å²) in [6, 6.07) is 1.62. The van der Waals surface area contributed by atoms with E-state index in [1.807, 2.05) is 0 Å². The van der Waals surface area contributed by atoms with Crippen LogP contribution in [0.25, 0.3) is 6.08 Å². The predicted octanol–water partition coefficient (Wildman–Crippen LogP) is 5.12. The molecular formula is C27H36F3NO6. The number of carbonyl (C=O) groups is 2. The summed E-state index contributed by atoms with van der Waals surface area (Å²) in [5.41, 5.74) is -1.39. The third-order valence-electron chi connectivity index (χ3n) is 6.82. The first kappa shape index (κ1) is 30.5. The van der Waals surface area contributed by atoms with Crippen LogP contribution in [0.1, 0.15) is 65.3 Å². The first-order chi connectivity index (χ1) is 17.0. The van der Waals surface area contributed by atoms with Crippen LogP contribution in [0.5, 0.6) is 0 Å². The fraction of sp³-hybridized carbons (Fsp3) is 0.593. The molecule has 0 fully saturated rings. The van der Waals surface area contributed by atoms with Crippen molar-refractivity contribution in [2.24, 2.45) is 17.3 Å². The quantitative estimate of drug-likeness (QED) is 0.406. The lowest BCUT2D eigenvalue weighted by Crippen LogP contribution is -2.45. The lowest BCUT2D eigenvalue weighted by molar-refractivity contribution is -0.154. The first-order valence-electron chi connectivity index (χ1n) is 12.2. The topological polar surface area (TPSA) is 110 Å². The molecule has 3 unspecified atom stereocenters. The number of hydrogen-bond acceptors (Lipinski definition) is 7. The van der Waals surface area contributed by atoms with E-state index in [4.69, 9.17) is 9.26 Å². The second kappa shape index (κ2) is 12.2. The van der Waals surface area contributed by atoms with E-state index in [9.17, 15) is 33.0 Å². The molecule has 0 saturated carbocycles. The van der Waals surface area contributed by atoms with Gasteiger partial charge in [0.15, 0.2) is 0 Å². The van der Waals surface area contributed by atoms with E-state index >= 15 is 0 Å². The summed E-state index contributed by atoms with van der Waals surface area (Å²) >= 11 is 0. The molecule has 2 heterocycles. The van der Waals surface area contributed by atoms with Crippen LogP contribution in [0.2, 0.25) is 0 Å². The van der Waals surface area contributed by atoms with E-state index in [0.29, 0.717) is 17.0 Å². The molecule has 0 aliphatic carbocycles. The van der Waals surface area contributed by atoms with Crippen LogP contribution in [0.4, 0.5) is 13.2 Å². The fourth-order valence-corrected chi connectivity index (χ4v) is 4.18. The Labute approximate surface area is 215 Å². The van der Waals surface area contributed by atoms with Crippen LogP contribution in [0.3, 0.4) is 0 Å². The monoisotopic (exact) mass is 527 g/mol. The van der Waals surface area contributed by atoms with Crippen molar-refractivity contribution in [2.45, 2.75) is 85.3 Å². The molecule has 37 heavy (non-hydrogen) atoms. The predicted molar refractivity (Wildman–Crippen MR) is 131 cm³/mol. The minimum absolute atomic E-state index is 0.277. The second-order valence-electron chi connectivity index (χ2n) is 10.3. The van der Waals surface area contributed by atoms with Crippen LogP contribution < -0.4 is 0 Å². The number of aryl methyl sites for hydroxylation is 1. The maximum atomic E-state index is 13.7. The molecule has 1 aromatic rings. The number of hydrogen-bond donors (Lipinski definition) is 2. The summed E-state index contributed by atoms with van der Waals surface area (Å²) in [5, 5.41) is 25.2. The number of nitrogens with zero attached hydrogens (tertiary/aromatic N) is 1. The highest BCUT2D eigenvalue weighted by atomic mass is 19.4. The van der Waals surface area contributed by atoms with Crippen molar-refractivity contribution in [3.8, 4) is 0 Å². The zero-order chi connectivity index (χ0) is 28.1. The van der Waals surface area contributed by atoms with Crippen molar-refractivity contribution in [3.05, 3.63) is 46.9 Å². The number of rotatable bonds is 2. The highest BCUT2D eigenvalue weighted by Gasteiger charge is 2.42. The van der Waals surface area contributed by atoms with Gasteiger partial charge in [0.1, 0.15) is 23.3 Å². The smallest absolute Gasteiger partial charge is 0.412 e. The lowest BCUT2D eigenvalue weighted by Gasteiger charge is -2.34. The molecule has 2 rings (SSSR count). The highest BCUT2D eigenvalue weighted by Crippen LogP contribution is 2.33. The molecule has 0 saturated heterocycles. The lowest BCUT2D eigenvalue weighted by atomic mass is 9.73. The van der Waals surface area contributed by atoms with Gasteiger partial charge in [0.2, 0.25) is 0 Å². The second-order valence-corrected chi connectivity index (χ2v) is 10.3. The Hall–Kier alpha value is -2.72. The number of carbonyl (C=O) groups excluding carboxylic acids is 2. The zero-order valence-corrected chi connectivity index (χ0v) is 22.0. The number of allylic oxidation sites excluding steroid dienone is 2. The number of aliphatic hydroxyl groups excluding tert-OH is 2. The summed E-state index contributed by atoms with van der Waals surface area (Å²) in [5.74, 6) is -2.38. The van der Waals surface area contributed by atoms with Gasteiger partial charge in [-0.1, -0.05) is 51.1 Å². The number of halogens is 3. The van der Waals surface area contributed by atoms with Gasteiger partial charge in [-0.2, -0.15) is 13.2 Å². The van der Waals surface area contributed by atoms with E-state index in [1.54, 1.807) is 32.9 Å². The molecule has 206 valence electrons. The summed E-state index contributed by atoms with van der Waals surface area (Å²) < 4.78 is 51.7. The van der Waals surface area contributed by atoms with Crippen molar-refractivity contribution >= 4 is 17.8 Å². The van der Waals surface area contributed by atoms with E-state index in [-0.39, 0.29) is 6.42 Å². The highest BCUT2D eigenvalue weighted by molar-refractivity contribution is 5.88. The summed E-state index contributed by atoms with van der Waals surface area (Å²) in [6.07, 6.45) is -4.36. The Morgan fingerprint density at radius 2 is 1.86 bits per heavy atom. The van der Waals surface area contributed by atoms with Gasteiger partial charge in [0.05, 0.1) is 24.0 Å². The molecule has 1 aliphatic rings. The minimum Gasteiger partial charge on any atom is -0.457 e. The van der Waals surface area contributed by atoms with Gasteiger partial charge in [-0.3, -0.25) is 9.59 Å². The third-order valence-corrected chi connectivity index (χ3v) is 6.82. The van der Waals surface area contributed by atoms with E-state index in [2.05, 4.69) is 5.16 Å². The van der Waals surface area contributed by atoms with Gasteiger partial charge in [-0.15, -0.1) is 0 Å². The van der Waals surface area contributed by atoms with Crippen LogP contribution >= 0.6 is 0 Å². The maximum Gasteiger partial charge on any atom is 0.412 e. The molecule has 0 radical (unpaired) electrons. The SMILES string of the molecule is C/C(=C\c1cc(C)on1)C1C/C=C(/C(F)(F)F)C/C=C/C(C)[C@H](O)C(C)C(=O)C(C)(C)[C@@H](O)CC(=O)O1. The minimum atomic E-state index is -4.63. The number of esters is 1. The summed E-state index contributed by atoms with van der Waals surface area (Å²) in [6.45, 7) is 9.33. The van der Waals surface area contributed by atoms with Gasteiger partial charge >= 0.3 is 12.1 Å².